The molecule has 0 radical (unpaired) electrons. The number of fused-ring (bicyclic) bond motifs is 2. The van der Waals surface area contributed by atoms with E-state index in [0.29, 0.717) is 55.3 Å². The average molecular weight is 970 g/mol. The van der Waals surface area contributed by atoms with Crippen LogP contribution in [-0.4, -0.2) is 120 Å². The molecule has 2 heterocycles. The first-order valence-electron chi connectivity index (χ1n) is 24.4. The fraction of sp³-hybridized carbons (Fsp3) is 0.509. The molecule has 0 spiro atoms. The average Bonchev–Trinajstić information content (AvgIpc) is 3.37. The Balaban J connectivity index is 1.37. The van der Waals surface area contributed by atoms with Crippen LogP contribution in [0, 0.1) is 27.9 Å². The van der Waals surface area contributed by atoms with Gasteiger partial charge in [-0.05, 0) is 110 Å². The highest BCUT2D eigenvalue weighted by Gasteiger charge is 2.65. The van der Waals surface area contributed by atoms with Crippen molar-refractivity contribution in [3.8, 4) is 11.5 Å². The number of aliphatic hydroxyl groups excluding tert-OH is 3. The SMILES string of the molecule is C=CCOC12Oc3ccc(OCCSc4ccccc4)cc3C3C(CCCCO)C(CCCCO)C=C(C(=NOC4CCCCO4)CC1N(CCOCCO)C(=O)C=Cc1ccc([N+](=O)[O-])cc1)C32. The summed E-state index contributed by atoms with van der Waals surface area (Å²) in [7, 11) is 0. The van der Waals surface area contributed by atoms with E-state index < -0.39 is 34.9 Å². The Bertz CT molecular complexity index is 2220. The van der Waals surface area contributed by atoms with Gasteiger partial charge in [0, 0.05) is 72.9 Å². The van der Waals surface area contributed by atoms with Crippen molar-refractivity contribution in [2.24, 2.45) is 22.9 Å². The number of non-ortho nitro benzene ring substituents is 1. The number of aliphatic hydroxyl groups is 3. The third-order valence-electron chi connectivity index (χ3n) is 13.3. The number of hydrogen-bond acceptors (Lipinski definition) is 14. The molecule has 2 aliphatic carbocycles. The first-order valence-corrected chi connectivity index (χ1v) is 25.4. The molecule has 4 aliphatic rings. The van der Waals surface area contributed by atoms with E-state index in [4.69, 9.17) is 33.7 Å². The summed E-state index contributed by atoms with van der Waals surface area (Å²) in [4.78, 5) is 35.0. The van der Waals surface area contributed by atoms with Crippen LogP contribution in [0.1, 0.15) is 81.3 Å². The number of carbonyl (C=O) groups is 1. The smallest absolute Gasteiger partial charge is 0.269 e. The minimum atomic E-state index is -1.52. The summed E-state index contributed by atoms with van der Waals surface area (Å²) in [6, 6.07) is 21.2. The number of thioether (sulfide) groups is 1. The van der Waals surface area contributed by atoms with Gasteiger partial charge >= 0.3 is 0 Å². The molecule has 372 valence electrons. The van der Waals surface area contributed by atoms with Gasteiger partial charge in [-0.25, -0.2) is 0 Å². The van der Waals surface area contributed by atoms with Gasteiger partial charge in [0.15, 0.2) is 0 Å². The molecule has 7 unspecified atom stereocenters. The maximum Gasteiger partial charge on any atom is 0.269 e. The summed E-state index contributed by atoms with van der Waals surface area (Å²) in [5, 5.41) is 46.0. The quantitative estimate of drug-likeness (QED) is 0.0165. The molecule has 16 heteroatoms. The first-order chi connectivity index (χ1) is 33.8. The Hall–Kier alpha value is -5.07. The molecule has 69 heavy (non-hydrogen) atoms. The van der Waals surface area contributed by atoms with E-state index in [1.165, 1.54) is 18.2 Å². The summed E-state index contributed by atoms with van der Waals surface area (Å²) < 4.78 is 32.8. The second-order valence-corrected chi connectivity index (χ2v) is 18.9. The second-order valence-electron chi connectivity index (χ2n) is 17.7. The van der Waals surface area contributed by atoms with Crippen molar-refractivity contribution in [1.82, 2.24) is 4.90 Å². The van der Waals surface area contributed by atoms with E-state index in [1.807, 2.05) is 30.3 Å². The molecule has 1 amide bonds. The summed E-state index contributed by atoms with van der Waals surface area (Å²) in [5.41, 5.74) is 2.99. The number of unbranched alkanes of at least 4 members (excludes halogenated alkanes) is 2. The molecule has 3 aromatic carbocycles. The maximum atomic E-state index is 15.0. The predicted molar refractivity (Wildman–Crippen MR) is 264 cm³/mol. The lowest BCUT2D eigenvalue weighted by Gasteiger charge is -2.60. The summed E-state index contributed by atoms with van der Waals surface area (Å²) >= 11 is 1.72. The van der Waals surface area contributed by atoms with Gasteiger partial charge in [-0.3, -0.25) is 14.9 Å². The second kappa shape index (κ2) is 26.2. The molecule has 3 N–H and O–H groups in total. The van der Waals surface area contributed by atoms with Crippen LogP contribution in [-0.2, 0) is 23.8 Å². The van der Waals surface area contributed by atoms with Gasteiger partial charge in [-0.15, -0.1) is 18.3 Å². The predicted octanol–water partition coefficient (Wildman–Crippen LogP) is 8.48. The lowest BCUT2D eigenvalue weighted by molar-refractivity contribution is -0.384. The van der Waals surface area contributed by atoms with Crippen molar-refractivity contribution < 1.29 is 53.6 Å². The van der Waals surface area contributed by atoms with E-state index in [0.717, 1.165) is 60.3 Å². The van der Waals surface area contributed by atoms with E-state index in [1.54, 1.807) is 40.9 Å². The highest BCUT2D eigenvalue weighted by Crippen LogP contribution is 2.62. The van der Waals surface area contributed by atoms with E-state index in [-0.39, 0.29) is 76.0 Å². The number of allylic oxidation sites excluding steroid dienone is 1. The van der Waals surface area contributed by atoms with Crippen molar-refractivity contribution in [3.63, 3.8) is 0 Å². The molecular weight excluding hydrogens is 903 g/mol. The third kappa shape index (κ3) is 13.2. The summed E-state index contributed by atoms with van der Waals surface area (Å²) in [6.45, 7) is 5.32. The number of nitrogens with zero attached hydrogens (tertiary/aromatic N) is 3. The molecule has 7 atom stereocenters. The molecule has 2 aliphatic heterocycles. The van der Waals surface area contributed by atoms with Gasteiger partial charge in [0.25, 0.3) is 5.69 Å². The van der Waals surface area contributed by atoms with Crippen LogP contribution in [0.3, 0.4) is 0 Å². The Morgan fingerprint density at radius 2 is 1.77 bits per heavy atom. The van der Waals surface area contributed by atoms with Crippen molar-refractivity contribution in [1.29, 1.82) is 0 Å². The van der Waals surface area contributed by atoms with E-state index in [2.05, 4.69) is 30.9 Å². The highest BCUT2D eigenvalue weighted by molar-refractivity contribution is 7.99. The number of amides is 1. The van der Waals surface area contributed by atoms with Crippen molar-refractivity contribution >= 4 is 35.1 Å². The largest absolute Gasteiger partial charge is 0.493 e. The molecule has 3 aromatic rings. The Kier molecular flexibility index (Phi) is 19.7. The monoisotopic (exact) mass is 969 g/mol. The molecule has 1 saturated heterocycles. The molecule has 0 aromatic heterocycles. The summed E-state index contributed by atoms with van der Waals surface area (Å²) in [6.07, 6.45) is 13.6. The Morgan fingerprint density at radius 1 is 0.971 bits per heavy atom. The molecular formula is C53H67N3O12S. The number of nitro benzene ring substituents is 1. The van der Waals surface area contributed by atoms with Gasteiger partial charge < -0.3 is 48.7 Å². The van der Waals surface area contributed by atoms with Crippen LogP contribution in [0.2, 0.25) is 0 Å². The van der Waals surface area contributed by atoms with Crippen LogP contribution in [0.15, 0.2) is 113 Å². The van der Waals surface area contributed by atoms with Crippen molar-refractivity contribution in [3.05, 3.63) is 124 Å². The number of benzene rings is 3. The zero-order chi connectivity index (χ0) is 48.4. The molecule has 2 fully saturated rings. The van der Waals surface area contributed by atoms with E-state index in [9.17, 15) is 30.2 Å². The summed E-state index contributed by atoms with van der Waals surface area (Å²) in [5.74, 6) is -0.673. The van der Waals surface area contributed by atoms with Gasteiger partial charge in [-0.2, -0.15) is 0 Å². The van der Waals surface area contributed by atoms with E-state index >= 15 is 0 Å². The number of oxime groups is 1. The van der Waals surface area contributed by atoms with Gasteiger partial charge in [0.2, 0.25) is 18.0 Å². The molecule has 1 saturated carbocycles. The number of hydrogen-bond donors (Lipinski definition) is 3. The zero-order valence-corrected chi connectivity index (χ0v) is 40.1. The number of ether oxygens (including phenoxy) is 5. The number of carbonyl (C=O) groups excluding carboxylic acids is 1. The van der Waals surface area contributed by atoms with Crippen molar-refractivity contribution in [2.45, 2.75) is 93.1 Å². The highest BCUT2D eigenvalue weighted by atomic mass is 32.2. The van der Waals surface area contributed by atoms with Gasteiger partial charge in [0.1, 0.15) is 17.5 Å². The molecule has 0 bridgehead atoms. The van der Waals surface area contributed by atoms with Crippen LogP contribution >= 0.6 is 11.8 Å². The Morgan fingerprint density at radius 3 is 2.49 bits per heavy atom. The molecule has 15 nitrogen and oxygen atoms in total. The van der Waals surface area contributed by atoms with Crippen LogP contribution in [0.25, 0.3) is 6.08 Å². The van der Waals surface area contributed by atoms with Crippen molar-refractivity contribution in [2.75, 3.05) is 65.2 Å². The standard InChI is InChI=1S/C53H67N3O12S/c1-2-29-66-53-48(55(25-31-63-32-28-59)49(60)24-19-38-17-20-40(21-18-38)56(61)62)37-46(54-68-50-16-8-11-30-65-50)44-35-39(12-6-9-26-57)43(15-7-10-27-58)51(52(44)53)45-36-41(22-23-47(45)67-53)64-33-34-69-42-13-4-3-5-14-42/h2-5,13-14,17-24,35-36,39,43,48,50-52,57-59H,1,6-12,15-16,25-34,37H2. The van der Waals surface area contributed by atoms with Gasteiger partial charge in [-0.1, -0.05) is 48.3 Å². The number of nitro groups is 1. The van der Waals surface area contributed by atoms with Crippen LogP contribution in [0.4, 0.5) is 5.69 Å². The Labute approximate surface area is 409 Å². The van der Waals surface area contributed by atoms with Crippen LogP contribution in [0.5, 0.6) is 11.5 Å². The van der Waals surface area contributed by atoms with Crippen LogP contribution < -0.4 is 9.47 Å². The third-order valence-corrected chi connectivity index (χ3v) is 14.3. The minimum Gasteiger partial charge on any atom is -0.493 e. The minimum absolute atomic E-state index is 0.00361. The number of rotatable bonds is 27. The van der Waals surface area contributed by atoms with Gasteiger partial charge in [0.05, 0.1) is 56.2 Å². The first kappa shape index (κ1) is 51.8. The lowest BCUT2D eigenvalue weighted by atomic mass is 9.55. The fourth-order valence-corrected chi connectivity index (χ4v) is 11.0. The normalized spacial score (nSPS) is 24.4. The lowest BCUT2D eigenvalue weighted by Crippen LogP contribution is -2.70. The zero-order valence-electron chi connectivity index (χ0n) is 39.3. The maximum absolute atomic E-state index is 15.0. The fourth-order valence-electron chi connectivity index (χ4n) is 10.2. The molecule has 7 rings (SSSR count). The topological polar surface area (TPSA) is 192 Å².